The largest absolute Gasteiger partial charge is 0.464 e. The zero-order valence-electron chi connectivity index (χ0n) is 18.0. The van der Waals surface area contributed by atoms with Gasteiger partial charge in [0.1, 0.15) is 11.2 Å². The quantitative estimate of drug-likeness (QED) is 0.361. The van der Waals surface area contributed by atoms with Crippen LogP contribution in [0, 0.1) is 6.92 Å². The molecule has 0 radical (unpaired) electrons. The lowest BCUT2D eigenvalue weighted by Gasteiger charge is -2.11. The van der Waals surface area contributed by atoms with Gasteiger partial charge < -0.3 is 19.1 Å². The molecule has 160 valence electrons. The maximum Gasteiger partial charge on any atom is 0.340 e. The summed E-state index contributed by atoms with van der Waals surface area (Å²) in [6.45, 7) is 3.33. The second-order valence-corrected chi connectivity index (χ2v) is 8.04. The summed E-state index contributed by atoms with van der Waals surface area (Å²) in [4.78, 5) is 27.0. The summed E-state index contributed by atoms with van der Waals surface area (Å²) in [5, 5.41) is 4.63. The first-order valence-corrected chi connectivity index (χ1v) is 10.4. The number of hydrogen-bond acceptors (Lipinski definition) is 5. The molecule has 0 aliphatic heterocycles. The van der Waals surface area contributed by atoms with Gasteiger partial charge in [0.2, 0.25) is 5.91 Å². The zero-order chi connectivity index (χ0) is 22.0. The number of fused-ring (bicyclic) bond motifs is 2. The standard InChI is InChI=1S/C25H26N2O4/c1-16-18-12-20-21(17-8-5-4-6-9-17)15-30-22(20)14-23(18)31-25(29)19(16)13-24(28)26-10-7-11-27(2)3/h4-6,8-9,12,14-15H,7,10-11,13H2,1-3H3,(H,26,28). The summed E-state index contributed by atoms with van der Waals surface area (Å²) in [6, 6.07) is 13.7. The van der Waals surface area contributed by atoms with Crippen molar-refractivity contribution < 1.29 is 13.6 Å². The van der Waals surface area contributed by atoms with E-state index in [0.29, 0.717) is 23.3 Å². The molecule has 31 heavy (non-hydrogen) atoms. The Kier molecular flexibility index (Phi) is 5.91. The van der Waals surface area contributed by atoms with Crippen LogP contribution in [-0.4, -0.2) is 38.0 Å². The fraction of sp³-hybridized carbons (Fsp3) is 0.280. The Labute approximate surface area is 180 Å². The molecule has 6 heteroatoms. The highest BCUT2D eigenvalue weighted by Crippen LogP contribution is 2.34. The van der Waals surface area contributed by atoms with E-state index >= 15 is 0 Å². The number of benzene rings is 2. The van der Waals surface area contributed by atoms with Gasteiger partial charge >= 0.3 is 5.63 Å². The van der Waals surface area contributed by atoms with Gasteiger partial charge in [-0.15, -0.1) is 0 Å². The van der Waals surface area contributed by atoms with Crippen molar-refractivity contribution in [1.82, 2.24) is 10.2 Å². The second kappa shape index (κ2) is 8.78. The maximum atomic E-state index is 12.6. The van der Waals surface area contributed by atoms with Crippen molar-refractivity contribution in [2.45, 2.75) is 19.8 Å². The molecule has 0 saturated carbocycles. The highest BCUT2D eigenvalue weighted by molar-refractivity contribution is 6.02. The number of amides is 1. The number of carbonyl (C=O) groups excluding carboxylic acids is 1. The van der Waals surface area contributed by atoms with Crippen LogP contribution in [-0.2, 0) is 11.2 Å². The molecule has 0 fully saturated rings. The van der Waals surface area contributed by atoms with Gasteiger partial charge in [-0.1, -0.05) is 30.3 Å². The van der Waals surface area contributed by atoms with Gasteiger partial charge in [-0.25, -0.2) is 4.79 Å². The van der Waals surface area contributed by atoms with E-state index in [9.17, 15) is 9.59 Å². The van der Waals surface area contributed by atoms with E-state index in [4.69, 9.17) is 8.83 Å². The van der Waals surface area contributed by atoms with E-state index < -0.39 is 5.63 Å². The molecule has 0 atom stereocenters. The van der Waals surface area contributed by atoms with Crippen molar-refractivity contribution in [3.63, 3.8) is 0 Å². The molecule has 1 N–H and O–H groups in total. The van der Waals surface area contributed by atoms with E-state index in [0.717, 1.165) is 40.4 Å². The molecular formula is C25H26N2O4. The fourth-order valence-electron chi connectivity index (χ4n) is 3.80. The normalized spacial score (nSPS) is 11.5. The van der Waals surface area contributed by atoms with E-state index in [1.165, 1.54) is 0 Å². The first-order valence-electron chi connectivity index (χ1n) is 10.4. The van der Waals surface area contributed by atoms with Crippen LogP contribution in [0.1, 0.15) is 17.5 Å². The fourth-order valence-corrected chi connectivity index (χ4v) is 3.80. The lowest BCUT2D eigenvalue weighted by atomic mass is 9.99. The summed E-state index contributed by atoms with van der Waals surface area (Å²) < 4.78 is 11.3. The zero-order valence-corrected chi connectivity index (χ0v) is 18.0. The molecule has 2 aromatic heterocycles. The van der Waals surface area contributed by atoms with Crippen molar-refractivity contribution in [1.29, 1.82) is 0 Å². The van der Waals surface area contributed by atoms with Crippen LogP contribution in [0.15, 0.2) is 62.4 Å². The molecule has 2 heterocycles. The smallest absolute Gasteiger partial charge is 0.340 e. The third-order valence-electron chi connectivity index (χ3n) is 5.51. The Morgan fingerprint density at radius 2 is 1.84 bits per heavy atom. The topological polar surface area (TPSA) is 75.7 Å². The molecule has 0 aliphatic rings. The number of hydrogen-bond donors (Lipinski definition) is 1. The summed E-state index contributed by atoms with van der Waals surface area (Å²) in [5.74, 6) is -0.178. The summed E-state index contributed by atoms with van der Waals surface area (Å²) in [5.41, 5.74) is 3.80. The second-order valence-electron chi connectivity index (χ2n) is 8.04. The van der Waals surface area contributed by atoms with Crippen LogP contribution >= 0.6 is 0 Å². The van der Waals surface area contributed by atoms with Gasteiger partial charge in [0.15, 0.2) is 0 Å². The Hall–Kier alpha value is -3.38. The van der Waals surface area contributed by atoms with Gasteiger partial charge in [0.05, 0.1) is 18.2 Å². The highest BCUT2D eigenvalue weighted by atomic mass is 16.4. The van der Waals surface area contributed by atoms with Crippen molar-refractivity contribution >= 4 is 27.8 Å². The average Bonchev–Trinajstić information content (AvgIpc) is 3.16. The molecule has 4 rings (SSSR count). The summed E-state index contributed by atoms with van der Waals surface area (Å²) in [7, 11) is 3.98. The number of aryl methyl sites for hydroxylation is 1. The van der Waals surface area contributed by atoms with Gasteiger partial charge in [-0.2, -0.15) is 0 Å². The molecule has 0 saturated heterocycles. The van der Waals surface area contributed by atoms with E-state index in [2.05, 4.69) is 10.2 Å². The van der Waals surface area contributed by atoms with Crippen molar-refractivity contribution in [3.05, 3.63) is 70.3 Å². The van der Waals surface area contributed by atoms with Crippen LogP contribution in [0.3, 0.4) is 0 Å². The minimum atomic E-state index is -0.484. The van der Waals surface area contributed by atoms with Crippen LogP contribution in [0.2, 0.25) is 0 Å². The maximum absolute atomic E-state index is 12.6. The number of nitrogens with one attached hydrogen (secondary N) is 1. The molecular weight excluding hydrogens is 392 g/mol. The Balaban J connectivity index is 1.67. The number of nitrogens with zero attached hydrogens (tertiary/aromatic N) is 1. The van der Waals surface area contributed by atoms with E-state index in [1.54, 1.807) is 12.3 Å². The lowest BCUT2D eigenvalue weighted by Crippen LogP contribution is -2.30. The van der Waals surface area contributed by atoms with Crippen LogP contribution < -0.4 is 10.9 Å². The Morgan fingerprint density at radius 3 is 2.58 bits per heavy atom. The SMILES string of the molecule is Cc1c(CC(=O)NCCCN(C)C)c(=O)oc2cc3occ(-c4ccccc4)c3cc12. The van der Waals surface area contributed by atoms with Crippen molar-refractivity contribution in [2.75, 3.05) is 27.2 Å². The van der Waals surface area contributed by atoms with E-state index in [-0.39, 0.29) is 12.3 Å². The minimum absolute atomic E-state index is 0.00103. The number of rotatable bonds is 7. The molecule has 1 amide bonds. The lowest BCUT2D eigenvalue weighted by molar-refractivity contribution is -0.120. The average molecular weight is 418 g/mol. The van der Waals surface area contributed by atoms with Gasteiger partial charge in [-0.3, -0.25) is 4.79 Å². The number of carbonyl (C=O) groups is 1. The molecule has 0 bridgehead atoms. The first-order chi connectivity index (χ1) is 14.9. The molecule has 6 nitrogen and oxygen atoms in total. The Bertz CT molecular complexity index is 1290. The summed E-state index contributed by atoms with van der Waals surface area (Å²) >= 11 is 0. The predicted octanol–water partition coefficient (Wildman–Crippen LogP) is 4.13. The molecule has 2 aromatic carbocycles. The predicted molar refractivity (Wildman–Crippen MR) is 122 cm³/mol. The van der Waals surface area contributed by atoms with Gasteiger partial charge in [-0.05, 0) is 51.2 Å². The Morgan fingerprint density at radius 1 is 1.06 bits per heavy atom. The number of furan rings is 1. The highest BCUT2D eigenvalue weighted by Gasteiger charge is 2.17. The van der Waals surface area contributed by atoms with Crippen molar-refractivity contribution in [2.24, 2.45) is 0 Å². The monoisotopic (exact) mass is 418 g/mol. The third kappa shape index (κ3) is 4.39. The van der Waals surface area contributed by atoms with Crippen LogP contribution in [0.5, 0.6) is 0 Å². The molecule has 0 unspecified atom stereocenters. The third-order valence-corrected chi connectivity index (χ3v) is 5.51. The summed E-state index contributed by atoms with van der Waals surface area (Å²) in [6.07, 6.45) is 2.57. The van der Waals surface area contributed by atoms with E-state index in [1.807, 2.05) is 57.4 Å². The molecule has 0 spiro atoms. The van der Waals surface area contributed by atoms with Gasteiger partial charge in [0.25, 0.3) is 0 Å². The van der Waals surface area contributed by atoms with Crippen molar-refractivity contribution in [3.8, 4) is 11.1 Å². The van der Waals surface area contributed by atoms with Gasteiger partial charge in [0, 0.05) is 28.9 Å². The molecule has 0 aliphatic carbocycles. The van der Waals surface area contributed by atoms with Crippen LogP contribution in [0.4, 0.5) is 0 Å². The minimum Gasteiger partial charge on any atom is -0.464 e. The first kappa shape index (κ1) is 20.9. The van der Waals surface area contributed by atoms with Crippen LogP contribution in [0.25, 0.3) is 33.1 Å². The molecule has 4 aromatic rings.